The van der Waals surface area contributed by atoms with Crippen molar-refractivity contribution in [2.24, 2.45) is 0 Å². The largest absolute Gasteiger partial charge is 0.462 e. The maximum absolute atomic E-state index is 12.9. The molecule has 448 valence electrons. The summed E-state index contributed by atoms with van der Waals surface area (Å²) in [5.74, 6) is -0.882. The van der Waals surface area contributed by atoms with Crippen LogP contribution in [0.15, 0.2) is 60.8 Å². The highest BCUT2D eigenvalue weighted by molar-refractivity contribution is 5.71. The molecule has 0 aliphatic carbocycles. The first-order valence-corrected chi connectivity index (χ1v) is 33.8. The Hall–Kier alpha value is -2.89. The Balaban J connectivity index is 4.34. The lowest BCUT2D eigenvalue weighted by Crippen LogP contribution is -2.30. The Morgan fingerprint density at radius 1 is 0.273 bits per heavy atom. The summed E-state index contributed by atoms with van der Waals surface area (Å²) in [6.07, 6.45) is 83.8. The zero-order chi connectivity index (χ0) is 55.7. The van der Waals surface area contributed by atoms with Gasteiger partial charge in [0, 0.05) is 19.3 Å². The molecule has 0 heterocycles. The second-order valence-electron chi connectivity index (χ2n) is 22.7. The van der Waals surface area contributed by atoms with Crippen molar-refractivity contribution in [3.63, 3.8) is 0 Å². The average Bonchev–Trinajstić information content (AvgIpc) is 3.43. The molecule has 77 heavy (non-hydrogen) atoms. The predicted molar refractivity (Wildman–Crippen MR) is 335 cm³/mol. The first-order chi connectivity index (χ1) is 38.0. The van der Waals surface area contributed by atoms with E-state index in [1.807, 2.05) is 0 Å². The smallest absolute Gasteiger partial charge is 0.306 e. The van der Waals surface area contributed by atoms with Gasteiger partial charge in [-0.2, -0.15) is 0 Å². The Morgan fingerprint density at radius 3 is 0.805 bits per heavy atom. The summed E-state index contributed by atoms with van der Waals surface area (Å²) in [7, 11) is 0. The van der Waals surface area contributed by atoms with E-state index < -0.39 is 6.10 Å². The molecule has 0 aliphatic rings. The van der Waals surface area contributed by atoms with Crippen molar-refractivity contribution in [1.29, 1.82) is 0 Å². The van der Waals surface area contributed by atoms with Crippen LogP contribution in [0.1, 0.15) is 355 Å². The molecule has 0 radical (unpaired) electrons. The van der Waals surface area contributed by atoms with Gasteiger partial charge in [0.15, 0.2) is 6.10 Å². The van der Waals surface area contributed by atoms with Crippen molar-refractivity contribution in [3.8, 4) is 0 Å². The van der Waals surface area contributed by atoms with E-state index in [9.17, 15) is 14.4 Å². The van der Waals surface area contributed by atoms with Crippen LogP contribution in [0.2, 0.25) is 0 Å². The topological polar surface area (TPSA) is 78.9 Å². The molecule has 0 aliphatic heterocycles. The van der Waals surface area contributed by atoms with Gasteiger partial charge in [0.25, 0.3) is 0 Å². The number of unbranched alkanes of at least 4 members (excludes halogenated alkanes) is 41. The van der Waals surface area contributed by atoms with Crippen LogP contribution in [-0.4, -0.2) is 37.2 Å². The van der Waals surface area contributed by atoms with E-state index in [2.05, 4.69) is 81.5 Å². The maximum atomic E-state index is 12.9. The van der Waals surface area contributed by atoms with Crippen LogP contribution in [0.25, 0.3) is 0 Å². The molecular formula is C71H128O6. The second kappa shape index (κ2) is 65.6. The number of esters is 3. The molecule has 0 N–H and O–H groups in total. The van der Waals surface area contributed by atoms with E-state index in [1.54, 1.807) is 0 Å². The standard InChI is InChI=1S/C71H128O6/c1-4-7-10-13-16-19-22-25-28-31-33-34-35-36-38-40-43-46-49-52-55-58-61-64-70(73)76-67-68(66-75-69(72)63-60-57-54-51-48-45-42-39-30-27-24-21-18-15-12-9-6-3)77-71(74)65-62-59-56-53-50-47-44-41-37-32-29-26-23-20-17-14-11-8-5-2/h9,12,18,21,27,30-31,33,42,45,68H,4-8,10-11,13-17,19-20,22-26,28-29,32,34-41,43-44,46-67H2,1-3H3/b12-9-,21-18-,30-27-,33-31-,45-42-. The lowest BCUT2D eigenvalue weighted by Gasteiger charge is -2.18. The lowest BCUT2D eigenvalue weighted by atomic mass is 10.0. The highest BCUT2D eigenvalue weighted by atomic mass is 16.6. The van der Waals surface area contributed by atoms with Crippen molar-refractivity contribution in [2.75, 3.05) is 13.2 Å². The Morgan fingerprint density at radius 2 is 0.506 bits per heavy atom. The van der Waals surface area contributed by atoms with Crippen LogP contribution < -0.4 is 0 Å². The fourth-order valence-corrected chi connectivity index (χ4v) is 9.96. The van der Waals surface area contributed by atoms with Crippen LogP contribution in [0.5, 0.6) is 0 Å². The van der Waals surface area contributed by atoms with E-state index in [-0.39, 0.29) is 31.1 Å². The molecule has 6 heteroatoms. The minimum atomic E-state index is -0.784. The van der Waals surface area contributed by atoms with Gasteiger partial charge in [-0.25, -0.2) is 0 Å². The van der Waals surface area contributed by atoms with Crippen LogP contribution in [0.3, 0.4) is 0 Å². The molecule has 0 aromatic carbocycles. The van der Waals surface area contributed by atoms with Gasteiger partial charge in [0.2, 0.25) is 0 Å². The molecule has 0 aromatic rings. The molecule has 0 bridgehead atoms. The highest BCUT2D eigenvalue weighted by Gasteiger charge is 2.19. The van der Waals surface area contributed by atoms with Crippen molar-refractivity contribution >= 4 is 17.9 Å². The number of hydrogen-bond donors (Lipinski definition) is 0. The third-order valence-corrected chi connectivity index (χ3v) is 15.0. The molecule has 1 atom stereocenters. The van der Waals surface area contributed by atoms with Gasteiger partial charge in [-0.15, -0.1) is 0 Å². The fourth-order valence-electron chi connectivity index (χ4n) is 9.96. The number of ether oxygens (including phenoxy) is 3. The normalized spacial score (nSPS) is 12.4. The van der Waals surface area contributed by atoms with E-state index in [4.69, 9.17) is 14.2 Å². The first kappa shape index (κ1) is 74.1. The molecule has 0 amide bonds. The van der Waals surface area contributed by atoms with Crippen molar-refractivity contribution in [3.05, 3.63) is 60.8 Å². The number of rotatable bonds is 62. The van der Waals surface area contributed by atoms with Gasteiger partial charge >= 0.3 is 17.9 Å². The van der Waals surface area contributed by atoms with E-state index >= 15 is 0 Å². The Labute approximate surface area is 479 Å². The minimum Gasteiger partial charge on any atom is -0.462 e. The molecule has 0 saturated carbocycles. The Bertz CT molecular complexity index is 1380. The van der Waals surface area contributed by atoms with Gasteiger partial charge in [-0.3, -0.25) is 14.4 Å². The Kier molecular flexibility index (Phi) is 63.2. The second-order valence-corrected chi connectivity index (χ2v) is 22.7. The highest BCUT2D eigenvalue weighted by Crippen LogP contribution is 2.18. The van der Waals surface area contributed by atoms with Crippen LogP contribution >= 0.6 is 0 Å². The van der Waals surface area contributed by atoms with E-state index in [0.717, 1.165) is 96.3 Å². The van der Waals surface area contributed by atoms with Crippen LogP contribution in [-0.2, 0) is 28.6 Å². The number of allylic oxidation sites excluding steroid dienone is 10. The third-order valence-electron chi connectivity index (χ3n) is 15.0. The summed E-state index contributed by atoms with van der Waals surface area (Å²) in [5.41, 5.74) is 0. The lowest BCUT2D eigenvalue weighted by molar-refractivity contribution is -0.167. The van der Waals surface area contributed by atoms with Crippen molar-refractivity contribution < 1.29 is 28.6 Å². The van der Waals surface area contributed by atoms with E-state index in [1.165, 1.54) is 218 Å². The predicted octanol–water partition coefficient (Wildman–Crippen LogP) is 23.1. The molecule has 6 nitrogen and oxygen atoms in total. The maximum Gasteiger partial charge on any atom is 0.306 e. The number of hydrogen-bond acceptors (Lipinski definition) is 6. The summed E-state index contributed by atoms with van der Waals surface area (Å²) in [6.45, 7) is 6.57. The molecule has 1 unspecified atom stereocenters. The van der Waals surface area contributed by atoms with Gasteiger partial charge < -0.3 is 14.2 Å². The monoisotopic (exact) mass is 1080 g/mol. The summed E-state index contributed by atoms with van der Waals surface area (Å²) < 4.78 is 17.0. The fraction of sp³-hybridized carbons (Fsp3) is 0.817. The van der Waals surface area contributed by atoms with Crippen LogP contribution in [0, 0.1) is 0 Å². The molecule has 0 fully saturated rings. The average molecular weight is 1080 g/mol. The van der Waals surface area contributed by atoms with Crippen molar-refractivity contribution in [2.45, 2.75) is 361 Å². The summed E-state index contributed by atoms with van der Waals surface area (Å²) in [5, 5.41) is 0. The van der Waals surface area contributed by atoms with Gasteiger partial charge in [0.05, 0.1) is 0 Å². The van der Waals surface area contributed by atoms with Gasteiger partial charge in [0.1, 0.15) is 13.2 Å². The number of carbonyl (C=O) groups is 3. The van der Waals surface area contributed by atoms with Crippen molar-refractivity contribution in [1.82, 2.24) is 0 Å². The van der Waals surface area contributed by atoms with E-state index in [0.29, 0.717) is 19.3 Å². The minimum absolute atomic E-state index is 0.0790. The molecule has 0 spiro atoms. The molecule has 0 rings (SSSR count). The number of carbonyl (C=O) groups excluding carboxylic acids is 3. The van der Waals surface area contributed by atoms with Gasteiger partial charge in [-0.1, -0.05) is 313 Å². The molecule has 0 aromatic heterocycles. The zero-order valence-electron chi connectivity index (χ0n) is 51.5. The summed E-state index contributed by atoms with van der Waals surface area (Å²) in [6, 6.07) is 0. The van der Waals surface area contributed by atoms with Gasteiger partial charge in [-0.05, 0) is 83.5 Å². The summed E-state index contributed by atoms with van der Waals surface area (Å²) >= 11 is 0. The zero-order valence-corrected chi connectivity index (χ0v) is 51.5. The molecule has 0 saturated heterocycles. The summed E-state index contributed by atoms with van der Waals surface area (Å²) in [4.78, 5) is 38.4. The van der Waals surface area contributed by atoms with Crippen LogP contribution in [0.4, 0.5) is 0 Å². The SMILES string of the molecule is CC/C=C\C/C=C\C/C=C\C/C=C\CCCCCCC(=O)OCC(COC(=O)CCCCCCCCCCCCC/C=C\CCCCCCCCCC)OC(=O)CCCCCCCCCCCCCCCCCCCCC. The quantitative estimate of drug-likeness (QED) is 0.0261. The molecular weight excluding hydrogens is 949 g/mol. The first-order valence-electron chi connectivity index (χ1n) is 33.8. The third kappa shape index (κ3) is 63.8.